The Kier molecular flexibility index (Phi) is 4.69. The highest BCUT2D eigenvalue weighted by Gasteiger charge is 2.61. The van der Waals surface area contributed by atoms with E-state index in [0.29, 0.717) is 18.5 Å². The van der Waals surface area contributed by atoms with Gasteiger partial charge in [-0.2, -0.15) is 0 Å². The number of aliphatic hydroxyl groups is 1. The minimum Gasteiger partial charge on any atom is -0.438 e. The lowest BCUT2D eigenvalue weighted by Gasteiger charge is -2.42. The molecule has 1 saturated heterocycles. The molecular weight excluding hydrogens is 327 g/mol. The van der Waals surface area contributed by atoms with Crippen molar-refractivity contribution in [2.45, 2.75) is 56.8 Å². The Morgan fingerprint density at radius 2 is 2.08 bits per heavy atom. The molecule has 25 heavy (non-hydrogen) atoms. The molecule has 1 spiro atoms. The standard InChI is InChI=1S/C18H23FN2O4/c1-17(24)18(9-3-2-4-10-18)25-16(23)21(17)11-8-15(22)20-14-7-5-6-13(19)12-14/h5-7,12,24H,2-4,8-11H2,1H3,(H,20,22)/t17-/m1/s1. The topological polar surface area (TPSA) is 78.9 Å². The van der Waals surface area contributed by atoms with Crippen molar-refractivity contribution in [2.75, 3.05) is 11.9 Å². The van der Waals surface area contributed by atoms with Crippen LogP contribution in [0.1, 0.15) is 45.4 Å². The molecule has 1 saturated carbocycles. The summed E-state index contributed by atoms with van der Waals surface area (Å²) >= 11 is 0. The predicted molar refractivity (Wildman–Crippen MR) is 89.3 cm³/mol. The molecule has 7 heteroatoms. The van der Waals surface area contributed by atoms with Gasteiger partial charge in [0.2, 0.25) is 5.91 Å². The molecule has 0 radical (unpaired) electrons. The summed E-state index contributed by atoms with van der Waals surface area (Å²) < 4.78 is 18.7. The molecule has 1 heterocycles. The van der Waals surface area contributed by atoms with Crippen LogP contribution in [-0.4, -0.2) is 39.9 Å². The van der Waals surface area contributed by atoms with E-state index in [2.05, 4.69) is 5.32 Å². The number of ether oxygens (including phenoxy) is 1. The number of nitrogens with one attached hydrogen (secondary N) is 1. The predicted octanol–water partition coefficient (Wildman–Crippen LogP) is 3.02. The molecule has 1 atom stereocenters. The quantitative estimate of drug-likeness (QED) is 0.875. The van der Waals surface area contributed by atoms with Crippen LogP contribution in [0.15, 0.2) is 24.3 Å². The highest BCUT2D eigenvalue weighted by atomic mass is 19.1. The van der Waals surface area contributed by atoms with Gasteiger partial charge < -0.3 is 15.2 Å². The number of hydrogen-bond donors (Lipinski definition) is 2. The van der Waals surface area contributed by atoms with E-state index in [9.17, 15) is 19.1 Å². The molecule has 6 nitrogen and oxygen atoms in total. The van der Waals surface area contributed by atoms with Gasteiger partial charge in [0, 0.05) is 18.7 Å². The van der Waals surface area contributed by atoms with Gasteiger partial charge >= 0.3 is 6.09 Å². The summed E-state index contributed by atoms with van der Waals surface area (Å²) in [5.41, 5.74) is -1.98. The molecule has 0 unspecified atom stereocenters. The van der Waals surface area contributed by atoms with E-state index >= 15 is 0 Å². The number of nitrogens with zero attached hydrogens (tertiary/aromatic N) is 1. The fraction of sp³-hybridized carbons (Fsp3) is 0.556. The first-order valence-corrected chi connectivity index (χ1v) is 8.62. The fourth-order valence-corrected chi connectivity index (χ4v) is 3.75. The molecule has 0 bridgehead atoms. The van der Waals surface area contributed by atoms with Gasteiger partial charge in [-0.05, 0) is 50.8 Å². The minimum absolute atomic E-state index is 0.0160. The molecular formula is C18H23FN2O4. The Bertz CT molecular complexity index is 671. The maximum Gasteiger partial charge on any atom is 0.412 e. The number of rotatable bonds is 4. The average molecular weight is 350 g/mol. The summed E-state index contributed by atoms with van der Waals surface area (Å²) in [4.78, 5) is 25.5. The SMILES string of the molecule is C[C@]1(O)N(CCC(=O)Nc2cccc(F)c2)C(=O)OC12CCCCC2. The van der Waals surface area contributed by atoms with Crippen LogP contribution in [0.4, 0.5) is 14.9 Å². The van der Waals surface area contributed by atoms with Crippen molar-refractivity contribution in [3.05, 3.63) is 30.1 Å². The van der Waals surface area contributed by atoms with E-state index in [0.717, 1.165) is 19.3 Å². The minimum atomic E-state index is -1.44. The Labute approximate surface area is 146 Å². The van der Waals surface area contributed by atoms with Gasteiger partial charge in [0.05, 0.1) is 0 Å². The Balaban J connectivity index is 1.62. The van der Waals surface area contributed by atoms with E-state index in [1.54, 1.807) is 13.0 Å². The number of anilines is 1. The van der Waals surface area contributed by atoms with Crippen LogP contribution < -0.4 is 5.32 Å². The first-order valence-electron chi connectivity index (χ1n) is 8.62. The van der Waals surface area contributed by atoms with Crippen LogP contribution in [0.25, 0.3) is 0 Å². The average Bonchev–Trinajstić information content (AvgIpc) is 2.72. The van der Waals surface area contributed by atoms with Crippen LogP contribution in [0.5, 0.6) is 0 Å². The van der Waals surface area contributed by atoms with Crippen molar-refractivity contribution in [1.82, 2.24) is 4.90 Å². The van der Waals surface area contributed by atoms with E-state index < -0.39 is 23.2 Å². The molecule has 1 aromatic carbocycles. The highest BCUT2D eigenvalue weighted by molar-refractivity contribution is 5.91. The van der Waals surface area contributed by atoms with E-state index in [1.165, 1.54) is 23.1 Å². The fourth-order valence-electron chi connectivity index (χ4n) is 3.75. The molecule has 3 rings (SSSR count). The summed E-state index contributed by atoms with van der Waals surface area (Å²) in [6.07, 6.45) is 3.50. The number of carbonyl (C=O) groups is 2. The van der Waals surface area contributed by atoms with Crippen molar-refractivity contribution < 1.29 is 23.8 Å². The zero-order valence-corrected chi connectivity index (χ0v) is 14.3. The number of amides is 2. The maximum absolute atomic E-state index is 13.2. The van der Waals surface area contributed by atoms with Gasteiger partial charge in [-0.15, -0.1) is 0 Å². The Morgan fingerprint density at radius 1 is 1.36 bits per heavy atom. The lowest BCUT2D eigenvalue weighted by molar-refractivity contribution is -0.159. The highest BCUT2D eigenvalue weighted by Crippen LogP contribution is 2.46. The van der Waals surface area contributed by atoms with Crippen molar-refractivity contribution in [3.63, 3.8) is 0 Å². The third-order valence-electron chi connectivity index (χ3n) is 5.22. The van der Waals surface area contributed by atoms with E-state index in [4.69, 9.17) is 4.74 Å². The van der Waals surface area contributed by atoms with Crippen LogP contribution in [0, 0.1) is 5.82 Å². The van der Waals surface area contributed by atoms with Crippen molar-refractivity contribution in [1.29, 1.82) is 0 Å². The van der Waals surface area contributed by atoms with Crippen LogP contribution in [0.2, 0.25) is 0 Å². The molecule has 1 aliphatic carbocycles. The smallest absolute Gasteiger partial charge is 0.412 e. The molecule has 2 aliphatic rings. The molecule has 1 aromatic rings. The third kappa shape index (κ3) is 3.33. The summed E-state index contributed by atoms with van der Waals surface area (Å²) in [5, 5.41) is 13.5. The molecule has 0 aromatic heterocycles. The second-order valence-corrected chi connectivity index (χ2v) is 6.90. The van der Waals surface area contributed by atoms with Gasteiger partial charge in [0.25, 0.3) is 0 Å². The second-order valence-electron chi connectivity index (χ2n) is 6.90. The van der Waals surface area contributed by atoms with Gasteiger partial charge in [-0.25, -0.2) is 9.18 Å². The molecule has 1 aliphatic heterocycles. The van der Waals surface area contributed by atoms with Gasteiger partial charge in [-0.1, -0.05) is 12.5 Å². The summed E-state index contributed by atoms with van der Waals surface area (Å²) in [5.74, 6) is -0.804. The summed E-state index contributed by atoms with van der Waals surface area (Å²) in [6, 6.07) is 5.59. The van der Waals surface area contributed by atoms with Gasteiger partial charge in [0.1, 0.15) is 5.82 Å². The van der Waals surface area contributed by atoms with Crippen LogP contribution in [-0.2, 0) is 9.53 Å². The number of hydrogen-bond acceptors (Lipinski definition) is 4. The van der Waals surface area contributed by atoms with E-state index in [-0.39, 0.29) is 18.9 Å². The molecule has 2 N–H and O–H groups in total. The maximum atomic E-state index is 13.2. The van der Waals surface area contributed by atoms with E-state index in [1.807, 2.05) is 0 Å². The second kappa shape index (κ2) is 6.63. The third-order valence-corrected chi connectivity index (χ3v) is 5.22. The largest absolute Gasteiger partial charge is 0.438 e. The lowest BCUT2D eigenvalue weighted by Crippen LogP contribution is -2.57. The molecule has 2 fully saturated rings. The number of benzene rings is 1. The first kappa shape index (κ1) is 17.7. The Morgan fingerprint density at radius 3 is 2.76 bits per heavy atom. The van der Waals surface area contributed by atoms with Gasteiger partial charge in [0.15, 0.2) is 11.3 Å². The monoisotopic (exact) mass is 350 g/mol. The lowest BCUT2D eigenvalue weighted by atomic mass is 9.77. The van der Waals surface area contributed by atoms with Crippen LogP contribution in [0.3, 0.4) is 0 Å². The van der Waals surface area contributed by atoms with Crippen LogP contribution >= 0.6 is 0 Å². The zero-order valence-electron chi connectivity index (χ0n) is 14.3. The van der Waals surface area contributed by atoms with Crippen molar-refractivity contribution in [2.24, 2.45) is 0 Å². The number of halogens is 1. The normalized spacial score (nSPS) is 25.1. The number of carbonyl (C=O) groups excluding carboxylic acids is 2. The summed E-state index contributed by atoms with van der Waals surface area (Å²) in [6.45, 7) is 1.61. The zero-order chi connectivity index (χ0) is 18.1. The Hall–Kier alpha value is -2.15. The van der Waals surface area contributed by atoms with Crippen molar-refractivity contribution >= 4 is 17.7 Å². The molecule has 136 valence electrons. The molecule has 2 amide bonds. The summed E-state index contributed by atoms with van der Waals surface area (Å²) in [7, 11) is 0. The van der Waals surface area contributed by atoms with Crippen molar-refractivity contribution in [3.8, 4) is 0 Å². The van der Waals surface area contributed by atoms with Gasteiger partial charge in [-0.3, -0.25) is 9.69 Å². The first-order chi connectivity index (χ1) is 11.8.